The number of rotatable bonds is 13. The third kappa shape index (κ3) is 8.06. The molecular weight excluding hydrogens is 593 g/mol. The maximum Gasteiger partial charge on any atom is 0.264 e. The second-order valence-electron chi connectivity index (χ2n) is 10.4. The Balaban J connectivity index is 2.12. The predicted molar refractivity (Wildman–Crippen MR) is 171 cm³/mol. The summed E-state index contributed by atoms with van der Waals surface area (Å²) < 4.78 is 29.4. The minimum absolute atomic E-state index is 0.0619. The molecule has 0 spiro atoms. The van der Waals surface area contributed by atoms with Crippen LogP contribution in [0.5, 0.6) is 0 Å². The van der Waals surface area contributed by atoms with Gasteiger partial charge in [-0.25, -0.2) is 8.42 Å². The highest BCUT2D eigenvalue weighted by atomic mass is 35.5. The normalized spacial score (nSPS) is 12.1. The fourth-order valence-electron chi connectivity index (χ4n) is 4.62. The molecule has 42 heavy (non-hydrogen) atoms. The number of unbranched alkanes of at least 4 members (excludes halogenated alkanes) is 1. The molecule has 226 valence electrons. The van der Waals surface area contributed by atoms with Crippen molar-refractivity contribution >= 4 is 50.7 Å². The molecule has 0 unspecified atom stereocenters. The van der Waals surface area contributed by atoms with Crippen LogP contribution in [0.2, 0.25) is 10.0 Å². The first-order valence-corrected chi connectivity index (χ1v) is 16.3. The summed E-state index contributed by atoms with van der Waals surface area (Å²) in [4.78, 5) is 29.1. The van der Waals surface area contributed by atoms with Gasteiger partial charge in [-0.2, -0.15) is 0 Å². The smallest absolute Gasteiger partial charge is 0.264 e. The van der Waals surface area contributed by atoms with Crippen LogP contribution < -0.4 is 9.62 Å². The molecule has 0 aromatic heterocycles. The monoisotopic (exact) mass is 631 g/mol. The summed E-state index contributed by atoms with van der Waals surface area (Å²) in [6, 6.07) is 16.1. The van der Waals surface area contributed by atoms with Gasteiger partial charge < -0.3 is 10.2 Å². The van der Waals surface area contributed by atoms with Crippen LogP contribution >= 0.6 is 23.2 Å². The zero-order chi connectivity index (χ0) is 31.0. The van der Waals surface area contributed by atoms with E-state index >= 15 is 0 Å². The Hall–Kier alpha value is -3.07. The van der Waals surface area contributed by atoms with E-state index in [2.05, 4.69) is 5.32 Å². The van der Waals surface area contributed by atoms with Crippen molar-refractivity contribution in [3.05, 3.63) is 93.0 Å². The van der Waals surface area contributed by atoms with Crippen molar-refractivity contribution in [1.29, 1.82) is 0 Å². The summed E-state index contributed by atoms with van der Waals surface area (Å²) in [5.74, 6) is -0.873. The number of halogens is 2. The number of hydrogen-bond donors (Lipinski definition) is 1. The Morgan fingerprint density at radius 1 is 0.905 bits per heavy atom. The Labute approximate surface area is 259 Å². The van der Waals surface area contributed by atoms with Gasteiger partial charge in [0, 0.05) is 28.7 Å². The lowest BCUT2D eigenvalue weighted by Gasteiger charge is -2.34. The number of anilines is 1. The quantitative estimate of drug-likeness (QED) is 0.209. The summed E-state index contributed by atoms with van der Waals surface area (Å²) >= 11 is 13.0. The van der Waals surface area contributed by atoms with Crippen LogP contribution in [0.15, 0.2) is 65.6 Å². The number of carbonyl (C=O) groups is 2. The molecule has 0 radical (unpaired) electrons. The zero-order valence-electron chi connectivity index (χ0n) is 24.8. The molecule has 0 aliphatic carbocycles. The second kappa shape index (κ2) is 14.9. The van der Waals surface area contributed by atoms with Crippen LogP contribution in [0.3, 0.4) is 0 Å². The van der Waals surface area contributed by atoms with E-state index in [4.69, 9.17) is 23.2 Å². The van der Waals surface area contributed by atoms with E-state index < -0.39 is 28.5 Å². The summed E-state index contributed by atoms with van der Waals surface area (Å²) in [5.41, 5.74) is 3.31. The number of benzene rings is 3. The number of aryl methyl sites for hydroxylation is 3. The Kier molecular flexibility index (Phi) is 11.9. The first kappa shape index (κ1) is 33.4. The van der Waals surface area contributed by atoms with E-state index in [-0.39, 0.29) is 17.3 Å². The summed E-state index contributed by atoms with van der Waals surface area (Å²) in [6.45, 7) is 9.24. The van der Waals surface area contributed by atoms with Crippen molar-refractivity contribution in [1.82, 2.24) is 10.2 Å². The van der Waals surface area contributed by atoms with Crippen molar-refractivity contribution in [2.45, 2.75) is 71.4 Å². The van der Waals surface area contributed by atoms with Gasteiger partial charge in [0.15, 0.2) is 0 Å². The van der Waals surface area contributed by atoms with Crippen LogP contribution in [0.1, 0.15) is 55.4 Å². The Morgan fingerprint density at radius 3 is 2.12 bits per heavy atom. The molecule has 3 aromatic rings. The van der Waals surface area contributed by atoms with Crippen molar-refractivity contribution in [2.75, 3.05) is 17.4 Å². The van der Waals surface area contributed by atoms with Crippen molar-refractivity contribution < 1.29 is 18.0 Å². The lowest BCUT2D eigenvalue weighted by molar-refractivity contribution is -0.140. The molecule has 0 saturated heterocycles. The number of amides is 2. The molecule has 7 nitrogen and oxygen atoms in total. The summed E-state index contributed by atoms with van der Waals surface area (Å²) in [5, 5.41) is 3.61. The fraction of sp³-hybridized carbons (Fsp3) is 0.375. The van der Waals surface area contributed by atoms with E-state index in [1.807, 2.05) is 39.8 Å². The highest BCUT2D eigenvalue weighted by Gasteiger charge is 2.34. The molecule has 1 atom stereocenters. The highest BCUT2D eigenvalue weighted by molar-refractivity contribution is 7.92. The van der Waals surface area contributed by atoms with Crippen LogP contribution in [0, 0.1) is 20.8 Å². The first-order chi connectivity index (χ1) is 19.9. The molecule has 3 aromatic carbocycles. The van der Waals surface area contributed by atoms with Crippen molar-refractivity contribution in [3.63, 3.8) is 0 Å². The molecule has 0 aliphatic heterocycles. The summed E-state index contributed by atoms with van der Waals surface area (Å²) in [7, 11) is -4.16. The van der Waals surface area contributed by atoms with Crippen molar-refractivity contribution in [3.8, 4) is 0 Å². The van der Waals surface area contributed by atoms with Gasteiger partial charge in [0.1, 0.15) is 12.6 Å². The van der Waals surface area contributed by atoms with Gasteiger partial charge in [-0.15, -0.1) is 0 Å². The largest absolute Gasteiger partial charge is 0.354 e. The van der Waals surface area contributed by atoms with E-state index in [0.717, 1.165) is 28.3 Å². The zero-order valence-corrected chi connectivity index (χ0v) is 27.1. The Bertz CT molecular complexity index is 1490. The second-order valence-corrected chi connectivity index (χ2v) is 13.1. The predicted octanol–water partition coefficient (Wildman–Crippen LogP) is 6.84. The van der Waals surface area contributed by atoms with Crippen LogP contribution in [-0.2, 0) is 26.2 Å². The SMILES string of the molecule is CCCCNC(=O)[C@@H](CC)N(Cc1c(Cl)cccc1Cl)C(=O)CN(c1cc(C)ccc1C)S(=O)(=O)c1ccc(C)cc1. The molecule has 0 saturated carbocycles. The van der Waals surface area contributed by atoms with Gasteiger partial charge in [0.25, 0.3) is 10.0 Å². The maximum absolute atomic E-state index is 14.3. The van der Waals surface area contributed by atoms with Crippen LogP contribution in [0.4, 0.5) is 5.69 Å². The van der Waals surface area contributed by atoms with Gasteiger partial charge in [-0.1, -0.05) is 79.4 Å². The molecule has 3 rings (SSSR count). The van der Waals surface area contributed by atoms with Gasteiger partial charge in [-0.05, 0) is 75.1 Å². The standard InChI is InChI=1S/C32H39Cl2N3O4S/c1-6-8-18-35-32(39)29(7-2)36(20-26-27(33)10-9-11-28(26)34)31(38)21-37(30-19-23(4)12-15-24(30)5)42(40,41)25-16-13-22(3)14-17-25/h9-17,19,29H,6-8,18,20-21H2,1-5H3,(H,35,39)/t29-/m1/s1. The minimum atomic E-state index is -4.16. The van der Waals surface area contributed by atoms with E-state index in [1.165, 1.54) is 17.0 Å². The lowest BCUT2D eigenvalue weighted by atomic mass is 10.1. The van der Waals surface area contributed by atoms with Gasteiger partial charge >= 0.3 is 0 Å². The molecule has 0 fully saturated rings. The molecule has 0 bridgehead atoms. The molecule has 0 heterocycles. The lowest BCUT2D eigenvalue weighted by Crippen LogP contribution is -2.52. The molecular formula is C32H39Cl2N3O4S. The van der Waals surface area contributed by atoms with Crippen LogP contribution in [0.25, 0.3) is 0 Å². The highest BCUT2D eigenvalue weighted by Crippen LogP contribution is 2.30. The van der Waals surface area contributed by atoms with Crippen LogP contribution in [-0.4, -0.2) is 44.3 Å². The topological polar surface area (TPSA) is 86.8 Å². The molecule has 10 heteroatoms. The van der Waals surface area contributed by atoms with Gasteiger partial charge in [0.05, 0.1) is 10.6 Å². The summed E-state index contributed by atoms with van der Waals surface area (Å²) in [6.07, 6.45) is 2.00. The van der Waals surface area contributed by atoms with E-state index in [9.17, 15) is 18.0 Å². The number of nitrogens with zero attached hydrogens (tertiary/aromatic N) is 2. The third-order valence-electron chi connectivity index (χ3n) is 7.13. The third-order valence-corrected chi connectivity index (χ3v) is 9.61. The number of hydrogen-bond acceptors (Lipinski definition) is 4. The van der Waals surface area contributed by atoms with E-state index in [0.29, 0.717) is 39.8 Å². The average molecular weight is 633 g/mol. The first-order valence-electron chi connectivity index (χ1n) is 14.1. The number of nitrogens with one attached hydrogen (secondary N) is 1. The number of carbonyl (C=O) groups excluding carboxylic acids is 2. The molecule has 1 N–H and O–H groups in total. The van der Waals surface area contributed by atoms with Crippen molar-refractivity contribution in [2.24, 2.45) is 0 Å². The van der Waals surface area contributed by atoms with Gasteiger partial charge in [0.2, 0.25) is 11.8 Å². The average Bonchev–Trinajstić information content (AvgIpc) is 2.94. The fourth-order valence-corrected chi connectivity index (χ4v) is 6.61. The van der Waals surface area contributed by atoms with E-state index in [1.54, 1.807) is 43.3 Å². The maximum atomic E-state index is 14.3. The Morgan fingerprint density at radius 2 is 1.52 bits per heavy atom. The number of sulfonamides is 1. The van der Waals surface area contributed by atoms with Gasteiger partial charge in [-0.3, -0.25) is 13.9 Å². The minimum Gasteiger partial charge on any atom is -0.354 e. The molecule has 2 amide bonds. The molecule has 0 aliphatic rings.